The molecule has 0 aliphatic carbocycles. The first kappa shape index (κ1) is 14.3. The molecule has 1 heterocycles. The first-order chi connectivity index (χ1) is 9.16. The summed E-state index contributed by atoms with van der Waals surface area (Å²) in [5, 5.41) is 6.11. The molecule has 1 fully saturated rings. The van der Waals surface area contributed by atoms with Crippen molar-refractivity contribution in [2.24, 2.45) is 0 Å². The Labute approximate surface area is 117 Å². The number of thiol groups is 1. The number of carbonyl (C=O) groups excluding carboxylic acids is 1. The van der Waals surface area contributed by atoms with E-state index in [2.05, 4.69) is 28.2 Å². The number of amides is 1. The quantitative estimate of drug-likeness (QED) is 0.715. The zero-order valence-electron chi connectivity index (χ0n) is 10.7. The van der Waals surface area contributed by atoms with Crippen LogP contribution in [0.3, 0.4) is 0 Å². The van der Waals surface area contributed by atoms with Crippen LogP contribution < -0.4 is 10.6 Å². The Morgan fingerprint density at radius 2 is 2.16 bits per heavy atom. The molecule has 2 N–H and O–H groups in total. The van der Waals surface area contributed by atoms with Gasteiger partial charge in [0.2, 0.25) is 0 Å². The van der Waals surface area contributed by atoms with Crippen molar-refractivity contribution in [3.05, 3.63) is 29.6 Å². The second-order valence-corrected chi connectivity index (χ2v) is 5.00. The summed E-state index contributed by atoms with van der Waals surface area (Å²) < 4.78 is 13.0. The van der Waals surface area contributed by atoms with Gasteiger partial charge in [-0.05, 0) is 18.2 Å². The minimum atomic E-state index is -0.416. The summed E-state index contributed by atoms with van der Waals surface area (Å²) in [7, 11) is 0. The van der Waals surface area contributed by atoms with Crippen LogP contribution in [0.15, 0.2) is 23.1 Å². The highest BCUT2D eigenvalue weighted by molar-refractivity contribution is 7.80. The third-order valence-electron chi connectivity index (χ3n) is 3.13. The van der Waals surface area contributed by atoms with Gasteiger partial charge in [0, 0.05) is 49.7 Å². The molecular formula is C13H18FN3OS. The number of nitrogens with zero attached hydrogens (tertiary/aromatic N) is 1. The molecule has 1 aromatic rings. The second-order valence-electron chi connectivity index (χ2n) is 4.51. The maximum Gasteiger partial charge on any atom is 0.251 e. The lowest BCUT2D eigenvalue weighted by Gasteiger charge is -2.27. The van der Waals surface area contributed by atoms with Crippen molar-refractivity contribution in [3.63, 3.8) is 0 Å². The molecule has 1 saturated heterocycles. The van der Waals surface area contributed by atoms with Crippen molar-refractivity contribution in [2.45, 2.75) is 4.90 Å². The number of piperazine rings is 1. The number of hydrogen-bond acceptors (Lipinski definition) is 4. The van der Waals surface area contributed by atoms with E-state index in [-0.39, 0.29) is 10.8 Å². The van der Waals surface area contributed by atoms with E-state index in [0.29, 0.717) is 12.1 Å². The lowest BCUT2D eigenvalue weighted by atomic mass is 10.2. The van der Waals surface area contributed by atoms with E-state index in [1.165, 1.54) is 18.2 Å². The third-order valence-corrected chi connectivity index (χ3v) is 3.47. The number of halogens is 1. The number of nitrogens with one attached hydrogen (secondary N) is 2. The molecule has 104 valence electrons. The topological polar surface area (TPSA) is 44.4 Å². The molecule has 0 unspecified atom stereocenters. The summed E-state index contributed by atoms with van der Waals surface area (Å²) in [6.07, 6.45) is 0. The molecule has 0 radical (unpaired) electrons. The highest BCUT2D eigenvalue weighted by atomic mass is 32.1. The second kappa shape index (κ2) is 6.88. The van der Waals surface area contributed by atoms with Gasteiger partial charge in [-0.2, -0.15) is 0 Å². The standard InChI is InChI=1S/C13H18FN3OS/c14-11-2-1-10(9-12(11)19)13(18)16-5-8-17-6-3-15-4-7-17/h1-2,9,15,19H,3-8H2,(H,16,18). The van der Waals surface area contributed by atoms with E-state index in [1.54, 1.807) is 0 Å². The van der Waals surface area contributed by atoms with Crippen molar-refractivity contribution < 1.29 is 9.18 Å². The molecule has 0 saturated carbocycles. The van der Waals surface area contributed by atoms with Gasteiger partial charge in [0.05, 0.1) is 0 Å². The van der Waals surface area contributed by atoms with E-state index >= 15 is 0 Å². The average Bonchev–Trinajstić information content (AvgIpc) is 2.43. The maximum atomic E-state index is 13.0. The van der Waals surface area contributed by atoms with Gasteiger partial charge in [-0.25, -0.2) is 4.39 Å². The minimum absolute atomic E-state index is 0.189. The highest BCUT2D eigenvalue weighted by Crippen LogP contribution is 2.13. The maximum absolute atomic E-state index is 13.0. The molecule has 1 aliphatic heterocycles. The summed E-state index contributed by atoms with van der Waals surface area (Å²) in [4.78, 5) is 14.3. The van der Waals surface area contributed by atoms with Gasteiger partial charge >= 0.3 is 0 Å². The van der Waals surface area contributed by atoms with Gasteiger partial charge < -0.3 is 10.6 Å². The summed E-state index contributed by atoms with van der Waals surface area (Å²) in [6.45, 7) is 5.44. The molecule has 1 aliphatic rings. The van der Waals surface area contributed by atoms with E-state index in [1.807, 2.05) is 0 Å². The van der Waals surface area contributed by atoms with Crippen LogP contribution in [0.5, 0.6) is 0 Å². The zero-order valence-corrected chi connectivity index (χ0v) is 11.5. The molecule has 2 rings (SSSR count). The van der Waals surface area contributed by atoms with E-state index in [9.17, 15) is 9.18 Å². The van der Waals surface area contributed by atoms with Crippen LogP contribution in [0.4, 0.5) is 4.39 Å². The van der Waals surface area contributed by atoms with Crippen molar-refractivity contribution >= 4 is 18.5 Å². The highest BCUT2D eigenvalue weighted by Gasteiger charge is 2.11. The number of benzene rings is 1. The van der Waals surface area contributed by atoms with Crippen LogP contribution in [0, 0.1) is 5.82 Å². The first-order valence-corrected chi connectivity index (χ1v) is 6.81. The Morgan fingerprint density at radius 3 is 2.84 bits per heavy atom. The van der Waals surface area contributed by atoms with E-state index < -0.39 is 5.82 Å². The van der Waals surface area contributed by atoms with Crippen LogP contribution in [0.1, 0.15) is 10.4 Å². The number of rotatable bonds is 4. The lowest BCUT2D eigenvalue weighted by Crippen LogP contribution is -2.46. The molecule has 0 aromatic heterocycles. The van der Waals surface area contributed by atoms with Crippen molar-refractivity contribution in [3.8, 4) is 0 Å². The minimum Gasteiger partial charge on any atom is -0.351 e. The summed E-state index contributed by atoms with van der Waals surface area (Å²) >= 11 is 3.97. The molecule has 4 nitrogen and oxygen atoms in total. The SMILES string of the molecule is O=C(NCCN1CCNCC1)c1ccc(F)c(S)c1. The first-order valence-electron chi connectivity index (χ1n) is 6.36. The van der Waals surface area contributed by atoms with Gasteiger partial charge in [0.15, 0.2) is 0 Å². The van der Waals surface area contributed by atoms with Crippen molar-refractivity contribution in [1.82, 2.24) is 15.5 Å². The summed E-state index contributed by atoms with van der Waals surface area (Å²) in [5.41, 5.74) is 0.437. The fraction of sp³-hybridized carbons (Fsp3) is 0.462. The lowest BCUT2D eigenvalue weighted by molar-refractivity contribution is 0.0947. The van der Waals surface area contributed by atoms with Gasteiger partial charge in [-0.3, -0.25) is 9.69 Å². The fourth-order valence-electron chi connectivity index (χ4n) is 2.02. The molecule has 19 heavy (non-hydrogen) atoms. The molecule has 1 amide bonds. The van der Waals surface area contributed by atoms with E-state index in [0.717, 1.165) is 32.7 Å². The predicted octanol–water partition coefficient (Wildman–Crippen LogP) is 0.749. The van der Waals surface area contributed by atoms with Crippen LogP contribution in [-0.4, -0.2) is 50.1 Å². The zero-order chi connectivity index (χ0) is 13.7. The Hall–Kier alpha value is -1.11. The normalized spacial score (nSPS) is 16.3. The number of hydrogen-bond donors (Lipinski definition) is 3. The monoisotopic (exact) mass is 283 g/mol. The van der Waals surface area contributed by atoms with Crippen molar-refractivity contribution in [1.29, 1.82) is 0 Å². The van der Waals surface area contributed by atoms with Crippen LogP contribution >= 0.6 is 12.6 Å². The largest absolute Gasteiger partial charge is 0.351 e. The molecule has 0 spiro atoms. The van der Waals surface area contributed by atoms with Gasteiger partial charge in [0.25, 0.3) is 5.91 Å². The van der Waals surface area contributed by atoms with Crippen LogP contribution in [0.25, 0.3) is 0 Å². The molecule has 0 atom stereocenters. The summed E-state index contributed by atoms with van der Waals surface area (Å²) in [6, 6.07) is 4.17. The van der Waals surface area contributed by atoms with Gasteiger partial charge in [-0.1, -0.05) is 0 Å². The fourth-order valence-corrected chi connectivity index (χ4v) is 2.23. The third kappa shape index (κ3) is 4.19. The van der Waals surface area contributed by atoms with E-state index in [4.69, 9.17) is 0 Å². The molecule has 6 heteroatoms. The van der Waals surface area contributed by atoms with Crippen LogP contribution in [0.2, 0.25) is 0 Å². The smallest absolute Gasteiger partial charge is 0.251 e. The van der Waals surface area contributed by atoms with Crippen LogP contribution in [-0.2, 0) is 0 Å². The van der Waals surface area contributed by atoms with Crippen molar-refractivity contribution in [2.75, 3.05) is 39.3 Å². The predicted molar refractivity (Wildman–Crippen MR) is 75.3 cm³/mol. The van der Waals surface area contributed by atoms with Gasteiger partial charge in [0.1, 0.15) is 5.82 Å². The molecule has 1 aromatic carbocycles. The average molecular weight is 283 g/mol. The molecule has 0 bridgehead atoms. The number of carbonyl (C=O) groups is 1. The summed E-state index contributed by atoms with van der Waals surface area (Å²) in [5.74, 6) is -0.605. The Balaban J connectivity index is 1.78. The molecular weight excluding hydrogens is 265 g/mol. The van der Waals surface area contributed by atoms with Gasteiger partial charge in [-0.15, -0.1) is 12.6 Å². The Bertz CT molecular complexity index is 450. The Morgan fingerprint density at radius 1 is 1.42 bits per heavy atom. The Kier molecular flexibility index (Phi) is 5.18.